The molecule has 4 bridgehead atoms. The fourth-order valence-electron chi connectivity index (χ4n) is 9.32. The topological polar surface area (TPSA) is 126 Å². The van der Waals surface area contributed by atoms with E-state index in [1.54, 1.807) is 12.1 Å². The number of aliphatic hydroxyl groups excluding tert-OH is 1. The van der Waals surface area contributed by atoms with Crippen molar-refractivity contribution in [2.45, 2.75) is 74.3 Å². The fraction of sp³-hybridized carbons (Fsp3) is 0.512. The zero-order valence-electron chi connectivity index (χ0n) is 30.2. The van der Waals surface area contributed by atoms with Gasteiger partial charge < -0.3 is 24.0 Å². The van der Waals surface area contributed by atoms with E-state index in [-0.39, 0.29) is 11.5 Å². The number of hydrogen-bond donors (Lipinski definition) is 3. The summed E-state index contributed by atoms with van der Waals surface area (Å²) in [5.41, 5.74) is 4.18. The van der Waals surface area contributed by atoms with Crippen LogP contribution in [0, 0.1) is 5.41 Å². The minimum atomic E-state index is -1.21. The predicted octanol–water partition coefficient (Wildman–Crippen LogP) is 2.67. The molecule has 5 unspecified atom stereocenters. The molecule has 5 heterocycles. The molecule has 13 heteroatoms. The van der Waals surface area contributed by atoms with Gasteiger partial charge >= 0.3 is 210 Å². The van der Waals surface area contributed by atoms with Crippen LogP contribution in [0.4, 0.5) is 11.4 Å². The fourth-order valence-corrected chi connectivity index (χ4v) is 10.8. The number of benzene rings is 3. The van der Waals surface area contributed by atoms with Crippen molar-refractivity contribution in [2.24, 2.45) is 0 Å². The Labute approximate surface area is 331 Å². The van der Waals surface area contributed by atoms with E-state index in [0.29, 0.717) is 96.5 Å². The Kier molecular flexibility index (Phi) is 10.6. The second kappa shape index (κ2) is 15.6. The molecule has 3 aromatic rings. The normalized spacial score (nSPS) is 26.6. The minimum absolute atomic E-state index is 0.0129. The molecule has 0 aromatic heterocycles. The first-order chi connectivity index (χ1) is 26.5. The number of ether oxygens (including phenoxy) is 4. The van der Waals surface area contributed by atoms with Crippen LogP contribution in [0.1, 0.15) is 77.4 Å². The number of anilines is 2. The van der Waals surface area contributed by atoms with Crippen molar-refractivity contribution < 1.29 is 53.5 Å². The Balaban J connectivity index is 0.979. The number of unbranched alkanes of at least 4 members (excludes halogenated alkanes) is 3. The number of rotatable bonds is 16. The molecule has 1 aliphatic carbocycles. The monoisotopic (exact) mass is 869 g/mol. The van der Waals surface area contributed by atoms with Crippen LogP contribution < -0.4 is 41.5 Å². The van der Waals surface area contributed by atoms with Gasteiger partial charge in [-0.15, -0.1) is 0 Å². The standard InChI is InChI=1S/C41H47ClIN4O7/c42-11-3-1-2-4-13-53-43-24-50-14-12-45-40(49)25-5-8-32-35(15-25)41(39(44)38(32)48)33-9-6-26(46-28-16-29(46)21-51-20-28)18-36(33)54-37-19-27(7-10-34(37)41)47-30-17-31(47)23-52-22-30/h5-10,15,18-19,28-31,40,44-45,49H,1-4,11-14,16-17,20-24H2/q-1/t28-,29?,30?,31?,40?,41?/m0/s1. The number of morpholine rings is 2. The number of halogens is 2. The van der Waals surface area contributed by atoms with Crippen molar-refractivity contribution in [1.29, 1.82) is 5.41 Å². The van der Waals surface area contributed by atoms with Gasteiger partial charge in [0.15, 0.2) is 0 Å². The molecule has 9 rings (SSSR count). The van der Waals surface area contributed by atoms with Crippen LogP contribution in [0.5, 0.6) is 11.5 Å². The summed E-state index contributed by atoms with van der Waals surface area (Å²) in [5.74, 6) is 1.68. The van der Waals surface area contributed by atoms with Gasteiger partial charge in [0, 0.05) is 23.5 Å². The van der Waals surface area contributed by atoms with E-state index in [2.05, 4.69) is 39.4 Å². The number of nitrogens with one attached hydrogen (secondary N) is 2. The van der Waals surface area contributed by atoms with Crippen LogP contribution >= 0.6 is 11.6 Å². The molecule has 0 saturated carbocycles. The van der Waals surface area contributed by atoms with Gasteiger partial charge in [0.1, 0.15) is 0 Å². The van der Waals surface area contributed by atoms with Crippen LogP contribution in [-0.4, -0.2) is 97.4 Å². The molecule has 4 saturated heterocycles. The summed E-state index contributed by atoms with van der Waals surface area (Å²) in [6.07, 6.45) is 5.61. The van der Waals surface area contributed by atoms with Crippen LogP contribution in [0.25, 0.3) is 0 Å². The molecule has 3 N–H and O–H groups in total. The molecule has 6 atom stereocenters. The number of ketones is 1. The molecule has 11 nitrogen and oxygen atoms in total. The van der Waals surface area contributed by atoms with Crippen molar-refractivity contribution in [1.82, 2.24) is 5.32 Å². The molecule has 0 radical (unpaired) electrons. The maximum atomic E-state index is 14.1. The van der Waals surface area contributed by atoms with Gasteiger partial charge in [0.2, 0.25) is 0 Å². The number of fused-ring (bicyclic) bond motifs is 10. The van der Waals surface area contributed by atoms with Crippen LogP contribution in [-0.2, 0) is 22.7 Å². The quantitative estimate of drug-likeness (QED) is 0.0858. The summed E-state index contributed by atoms with van der Waals surface area (Å²) >= 11 is 5.26. The molecule has 54 heavy (non-hydrogen) atoms. The number of carbonyl (C=O) groups excluding carboxylic acids is 1. The molecule has 3 aromatic carbocycles. The summed E-state index contributed by atoms with van der Waals surface area (Å²) in [6.45, 7) is 4.46. The van der Waals surface area contributed by atoms with Gasteiger partial charge in [0.05, 0.1) is 50.6 Å². The molecular formula is C41H47ClIN4O7-. The predicted molar refractivity (Wildman–Crippen MR) is 201 cm³/mol. The summed E-state index contributed by atoms with van der Waals surface area (Å²) in [6, 6.07) is 19.2. The van der Waals surface area contributed by atoms with E-state index in [0.717, 1.165) is 73.5 Å². The molecule has 4 fully saturated rings. The van der Waals surface area contributed by atoms with Gasteiger partial charge in [-0.3, -0.25) is 0 Å². The van der Waals surface area contributed by atoms with E-state index in [1.807, 2.05) is 18.2 Å². The van der Waals surface area contributed by atoms with E-state index >= 15 is 0 Å². The second-order valence-electron chi connectivity index (χ2n) is 15.1. The van der Waals surface area contributed by atoms with E-state index in [9.17, 15) is 15.3 Å². The number of hydrogen-bond acceptors (Lipinski definition) is 11. The summed E-state index contributed by atoms with van der Waals surface area (Å²) in [7, 11) is 0. The summed E-state index contributed by atoms with van der Waals surface area (Å²) < 4.78 is 30.5. The van der Waals surface area contributed by atoms with Crippen molar-refractivity contribution in [3.05, 3.63) is 82.4 Å². The van der Waals surface area contributed by atoms with Crippen LogP contribution in [0.3, 0.4) is 0 Å². The first kappa shape index (κ1) is 36.8. The Morgan fingerprint density at radius 2 is 1.48 bits per heavy atom. The summed E-state index contributed by atoms with van der Waals surface area (Å²) in [4.78, 5) is 18.9. The molecule has 5 aliphatic heterocycles. The molecule has 0 amide bonds. The molecule has 1 spiro atoms. The van der Waals surface area contributed by atoms with Gasteiger partial charge in [-0.2, -0.15) is 0 Å². The average Bonchev–Trinajstić information content (AvgIpc) is 3.40. The van der Waals surface area contributed by atoms with E-state index in [4.69, 9.17) is 33.6 Å². The zero-order valence-corrected chi connectivity index (χ0v) is 33.1. The Morgan fingerprint density at radius 1 is 0.852 bits per heavy atom. The number of aliphatic hydroxyl groups is 1. The van der Waals surface area contributed by atoms with Crippen LogP contribution in [0.2, 0.25) is 0 Å². The molecular weight excluding hydrogens is 823 g/mol. The number of alkyl halides is 2. The number of nitrogens with zero attached hydrogens (tertiary/aromatic N) is 2. The van der Waals surface area contributed by atoms with Crippen molar-refractivity contribution in [2.75, 3.05) is 66.5 Å². The maximum absolute atomic E-state index is 14.1. The van der Waals surface area contributed by atoms with Gasteiger partial charge in [-0.1, -0.05) is 0 Å². The molecule has 288 valence electrons. The average molecular weight is 870 g/mol. The first-order valence-electron chi connectivity index (χ1n) is 19.2. The Bertz CT molecular complexity index is 1810. The third-order valence-electron chi connectivity index (χ3n) is 12.0. The van der Waals surface area contributed by atoms with Crippen molar-refractivity contribution in [3.63, 3.8) is 0 Å². The van der Waals surface area contributed by atoms with Gasteiger partial charge in [0.25, 0.3) is 0 Å². The van der Waals surface area contributed by atoms with Crippen LogP contribution in [0.15, 0.2) is 54.6 Å². The Hall–Kier alpha value is -2.82. The molecule has 6 aliphatic rings. The van der Waals surface area contributed by atoms with Crippen molar-refractivity contribution in [3.8, 4) is 11.5 Å². The second-order valence-corrected chi connectivity index (χ2v) is 17.3. The Morgan fingerprint density at radius 3 is 2.09 bits per heavy atom. The first-order valence-corrected chi connectivity index (χ1v) is 22.2. The van der Waals surface area contributed by atoms with Gasteiger partial charge in [-0.05, 0) is 25.0 Å². The van der Waals surface area contributed by atoms with E-state index in [1.165, 1.54) is 0 Å². The van der Waals surface area contributed by atoms with E-state index < -0.39 is 33.3 Å². The number of carbonyl (C=O) groups is 1. The van der Waals surface area contributed by atoms with Gasteiger partial charge in [-0.25, -0.2) is 0 Å². The summed E-state index contributed by atoms with van der Waals surface area (Å²) in [5, 5.41) is 24.1. The van der Waals surface area contributed by atoms with Crippen molar-refractivity contribution >= 4 is 34.5 Å². The SMILES string of the molecule is N=C1C(=O)c2ccc(C(O)NCCOC[I-]OCCCCCCCl)cc2C12c1ccc(N3C4COCC3C4)cc1Oc1cc(N3C4COC[C@@H]3C4)ccc12. The number of Topliss-reactive ketones (excluding diaryl/α,β-unsaturated/α-hetero) is 1. The third kappa shape index (κ3) is 6.34. The zero-order chi connectivity index (χ0) is 36.8. The third-order valence-corrected chi connectivity index (χ3v) is 13.8.